The molecular weight excluding hydrogens is 591 g/mol. The van der Waals surface area contributed by atoms with Crippen molar-refractivity contribution in [3.8, 4) is 0 Å². The summed E-state index contributed by atoms with van der Waals surface area (Å²) < 4.78 is 0. The normalized spacial score (nSPS) is 36.1. The molecule has 0 aliphatic heterocycles. The molecule has 0 aromatic heterocycles. The summed E-state index contributed by atoms with van der Waals surface area (Å²) >= 11 is -0.826. The Labute approximate surface area is 247 Å². The molecule has 204 valence electrons. The molecule has 36 heavy (non-hydrogen) atoms. The second-order valence-corrected chi connectivity index (χ2v) is 27.7. The SMILES string of the molecule is CCCCC1CCC([SiH](C)[SiH](C)C2CCC3C2CC2CCCC2C3c2ccccc2)C1.[CH3-].[CH3-].[Cl][Zr+2][Cl]. The van der Waals surface area contributed by atoms with Gasteiger partial charge in [-0.15, -0.1) is 0 Å². The summed E-state index contributed by atoms with van der Waals surface area (Å²) in [7, 11) is 8.77. The molecule has 1 aromatic rings. The monoisotopic (exact) mass is 642 g/mol. The predicted octanol–water partition coefficient (Wildman–Crippen LogP) is 10.4. The van der Waals surface area contributed by atoms with Gasteiger partial charge in [-0.1, -0.05) is 114 Å². The second-order valence-electron chi connectivity index (χ2n) is 12.5. The maximum atomic E-state index is 4.93. The van der Waals surface area contributed by atoms with Crippen molar-refractivity contribution in [3.63, 3.8) is 0 Å². The molecule has 0 spiro atoms. The molecule has 0 heterocycles. The van der Waals surface area contributed by atoms with Crippen molar-refractivity contribution >= 4 is 33.7 Å². The van der Waals surface area contributed by atoms with E-state index < -0.39 is 37.5 Å². The molecule has 0 N–H and O–H groups in total. The molecule has 5 rings (SSSR count). The third-order valence-electron chi connectivity index (χ3n) is 11.1. The van der Waals surface area contributed by atoms with E-state index in [1.54, 1.807) is 56.9 Å². The number of rotatable bonds is 7. The Bertz CT molecular complexity index is 735. The van der Waals surface area contributed by atoms with Crippen LogP contribution in [0.5, 0.6) is 0 Å². The fourth-order valence-electron chi connectivity index (χ4n) is 9.41. The average molecular weight is 645 g/mol. The van der Waals surface area contributed by atoms with Crippen LogP contribution in [0.3, 0.4) is 0 Å². The summed E-state index contributed by atoms with van der Waals surface area (Å²) in [6.45, 7) is 8.10. The van der Waals surface area contributed by atoms with Gasteiger partial charge in [0.25, 0.3) is 0 Å². The van der Waals surface area contributed by atoms with Crippen molar-refractivity contribution in [3.05, 3.63) is 50.7 Å². The van der Waals surface area contributed by atoms with E-state index >= 15 is 0 Å². The van der Waals surface area contributed by atoms with Crippen LogP contribution in [0, 0.1) is 44.4 Å². The van der Waals surface area contributed by atoms with Gasteiger partial charge in [0.15, 0.2) is 0 Å². The molecule has 4 saturated carbocycles. The van der Waals surface area contributed by atoms with Crippen LogP contribution in [-0.4, -0.2) is 16.6 Å². The van der Waals surface area contributed by atoms with Crippen molar-refractivity contribution in [1.29, 1.82) is 0 Å². The first-order valence-corrected chi connectivity index (χ1v) is 27.2. The van der Waals surface area contributed by atoms with Crippen LogP contribution in [0.25, 0.3) is 0 Å². The number of benzene rings is 1. The van der Waals surface area contributed by atoms with Crippen molar-refractivity contribution in [2.24, 2.45) is 29.6 Å². The fraction of sp³-hybridized carbons (Fsp3) is 0.742. The van der Waals surface area contributed by atoms with Crippen LogP contribution in [0.4, 0.5) is 0 Å². The average Bonchev–Trinajstić information content (AvgIpc) is 3.61. The maximum absolute atomic E-state index is 4.93. The number of fused-ring (bicyclic) bond motifs is 2. The Morgan fingerprint density at radius 1 is 0.833 bits per heavy atom. The molecule has 0 bridgehead atoms. The van der Waals surface area contributed by atoms with E-state index in [0.29, 0.717) is 0 Å². The molecule has 10 unspecified atom stereocenters. The third-order valence-corrected chi connectivity index (χ3v) is 25.2. The molecule has 0 saturated heterocycles. The van der Waals surface area contributed by atoms with Gasteiger partial charge in [-0.3, -0.25) is 0 Å². The van der Waals surface area contributed by atoms with Gasteiger partial charge in [-0.05, 0) is 65.9 Å². The van der Waals surface area contributed by atoms with Crippen LogP contribution in [-0.2, 0) is 20.8 Å². The summed E-state index contributed by atoms with van der Waals surface area (Å²) in [5, 5.41) is 0. The van der Waals surface area contributed by atoms with E-state index in [1.807, 2.05) is 0 Å². The van der Waals surface area contributed by atoms with Crippen LogP contribution in [0.2, 0.25) is 24.2 Å². The number of hydrogen-bond donors (Lipinski definition) is 0. The van der Waals surface area contributed by atoms with Gasteiger partial charge in [0.1, 0.15) is 0 Å². The van der Waals surface area contributed by atoms with Crippen molar-refractivity contribution in [2.45, 2.75) is 114 Å². The van der Waals surface area contributed by atoms with Crippen molar-refractivity contribution in [2.75, 3.05) is 0 Å². The molecule has 4 fully saturated rings. The third kappa shape index (κ3) is 7.65. The zero-order chi connectivity index (χ0) is 24.1. The Morgan fingerprint density at radius 2 is 1.56 bits per heavy atom. The van der Waals surface area contributed by atoms with Gasteiger partial charge in [0.2, 0.25) is 0 Å². The van der Waals surface area contributed by atoms with Gasteiger partial charge in [-0.2, -0.15) is 0 Å². The number of unbranched alkanes of at least 4 members (excludes halogenated alkanes) is 1. The molecule has 4 aliphatic carbocycles. The van der Waals surface area contributed by atoms with Gasteiger partial charge in [-0.25, -0.2) is 0 Å². The summed E-state index contributed by atoms with van der Waals surface area (Å²) in [6, 6.07) is 11.8. The van der Waals surface area contributed by atoms with Gasteiger partial charge < -0.3 is 14.9 Å². The van der Waals surface area contributed by atoms with E-state index in [4.69, 9.17) is 17.0 Å². The van der Waals surface area contributed by atoms with Gasteiger partial charge in [0.05, 0.1) is 0 Å². The zero-order valence-electron chi connectivity index (χ0n) is 23.9. The summed E-state index contributed by atoms with van der Waals surface area (Å²) in [6.07, 6.45) is 18.7. The van der Waals surface area contributed by atoms with E-state index in [2.05, 4.69) is 50.3 Å². The van der Waals surface area contributed by atoms with Crippen LogP contribution in [0.1, 0.15) is 95.5 Å². The molecule has 4 aliphatic rings. The Hall–Kier alpha value is 1.12. The Morgan fingerprint density at radius 3 is 2.25 bits per heavy atom. The number of hydrogen-bond acceptors (Lipinski definition) is 0. The topological polar surface area (TPSA) is 0 Å². The molecule has 0 radical (unpaired) electrons. The minimum atomic E-state index is -0.826. The van der Waals surface area contributed by atoms with Gasteiger partial charge >= 0.3 is 37.9 Å². The predicted molar refractivity (Wildman–Crippen MR) is 166 cm³/mol. The molecule has 10 atom stereocenters. The molecule has 0 nitrogen and oxygen atoms in total. The van der Waals surface area contributed by atoms with Gasteiger partial charge in [0, 0.05) is 16.6 Å². The van der Waals surface area contributed by atoms with E-state index in [9.17, 15) is 0 Å². The quantitative estimate of drug-likeness (QED) is 0.205. The zero-order valence-corrected chi connectivity index (χ0v) is 30.2. The number of halogens is 2. The Balaban J connectivity index is 0.000000871. The second kappa shape index (κ2) is 16.4. The van der Waals surface area contributed by atoms with E-state index in [-0.39, 0.29) is 14.9 Å². The Kier molecular flexibility index (Phi) is 15.2. The van der Waals surface area contributed by atoms with E-state index in [0.717, 1.165) is 35.5 Å². The summed E-state index contributed by atoms with van der Waals surface area (Å²) in [5.74, 6) is 6.23. The molecule has 5 heteroatoms. The molecule has 0 amide bonds. The molecule has 1 aromatic carbocycles. The summed E-state index contributed by atoms with van der Waals surface area (Å²) in [4.78, 5) is 0. The van der Waals surface area contributed by atoms with Crippen molar-refractivity contribution in [1.82, 2.24) is 0 Å². The fourth-order valence-corrected chi connectivity index (χ4v) is 21.9. The van der Waals surface area contributed by atoms with Crippen LogP contribution in [0.15, 0.2) is 30.3 Å². The first-order chi connectivity index (χ1) is 16.6. The minimum absolute atomic E-state index is 0. The first-order valence-electron chi connectivity index (χ1n) is 14.6. The van der Waals surface area contributed by atoms with Crippen LogP contribution >= 0.6 is 17.0 Å². The first kappa shape index (κ1) is 33.3. The standard InChI is InChI=1S/C29H48Si2.2CH3.2ClH.Zr/c1-4-5-10-21-15-16-24(19-21)30(2)31(3)28-18-17-26-27(28)20-23-13-9-14-25(23)29(26)22-11-7-6-8-12-22;;;;;/h6-8,11-12,21,23-31H,4-5,9-10,13-20H2,1-3H3;2*1H3;2*1H;/q;2*-1;;;+4/p-2. The summed E-state index contributed by atoms with van der Waals surface area (Å²) in [5.41, 5.74) is 4.13. The van der Waals surface area contributed by atoms with Crippen LogP contribution < -0.4 is 0 Å². The van der Waals surface area contributed by atoms with Crippen molar-refractivity contribution < 1.29 is 20.8 Å². The molecular formula is C31H54Cl2Si2Zr. The van der Waals surface area contributed by atoms with E-state index in [1.165, 1.54) is 36.8 Å².